The van der Waals surface area contributed by atoms with Crippen LogP contribution in [0, 0.1) is 0 Å². The molecule has 1 aromatic heterocycles. The molecule has 0 saturated heterocycles. The van der Waals surface area contributed by atoms with Gasteiger partial charge in [0.15, 0.2) is 0 Å². The van der Waals surface area contributed by atoms with Crippen LogP contribution >= 0.6 is 11.6 Å². The van der Waals surface area contributed by atoms with E-state index in [0.717, 1.165) is 0 Å². The zero-order valence-corrected chi connectivity index (χ0v) is 9.32. The molecule has 0 aliphatic carbocycles. The monoisotopic (exact) mass is 243 g/mol. The Labute approximate surface area is 97.0 Å². The van der Waals surface area contributed by atoms with E-state index in [1.54, 1.807) is 6.92 Å². The topological polar surface area (TPSA) is 81.2 Å². The van der Waals surface area contributed by atoms with Crippen LogP contribution in [0.1, 0.15) is 17.4 Å². The predicted octanol–water partition coefficient (Wildman–Crippen LogP) is 0.423. The van der Waals surface area contributed by atoms with Gasteiger partial charge in [-0.3, -0.25) is 14.6 Å². The first-order valence-corrected chi connectivity index (χ1v) is 4.92. The molecule has 0 aliphatic rings. The van der Waals surface area contributed by atoms with Crippen LogP contribution in [0.2, 0.25) is 5.15 Å². The van der Waals surface area contributed by atoms with E-state index in [4.69, 9.17) is 11.6 Å². The summed E-state index contributed by atoms with van der Waals surface area (Å²) >= 11 is 5.56. The SMILES string of the molecule is CCOC(=O)CNC(=O)c1cncc(Cl)n1. The Hall–Kier alpha value is -1.69. The highest BCUT2D eigenvalue weighted by Crippen LogP contribution is 2.01. The van der Waals surface area contributed by atoms with Gasteiger partial charge in [-0.05, 0) is 6.92 Å². The molecule has 1 rings (SSSR count). The Balaban J connectivity index is 2.50. The van der Waals surface area contributed by atoms with Crippen LogP contribution in [0.15, 0.2) is 12.4 Å². The van der Waals surface area contributed by atoms with E-state index in [0.29, 0.717) is 0 Å². The van der Waals surface area contributed by atoms with Crippen LogP contribution < -0.4 is 5.32 Å². The van der Waals surface area contributed by atoms with Crippen LogP contribution in [0.3, 0.4) is 0 Å². The maximum absolute atomic E-state index is 11.4. The highest BCUT2D eigenvalue weighted by Gasteiger charge is 2.10. The number of nitrogens with zero attached hydrogens (tertiary/aromatic N) is 2. The Morgan fingerprint density at radius 1 is 1.50 bits per heavy atom. The van der Waals surface area contributed by atoms with E-state index in [1.165, 1.54) is 12.4 Å². The van der Waals surface area contributed by atoms with Gasteiger partial charge in [-0.1, -0.05) is 11.6 Å². The average Bonchev–Trinajstić information content (AvgIpc) is 2.26. The lowest BCUT2D eigenvalue weighted by molar-refractivity contribution is -0.141. The Morgan fingerprint density at radius 3 is 2.88 bits per heavy atom. The molecule has 0 bridgehead atoms. The average molecular weight is 244 g/mol. The summed E-state index contributed by atoms with van der Waals surface area (Å²) in [7, 11) is 0. The van der Waals surface area contributed by atoms with Crippen molar-refractivity contribution in [2.75, 3.05) is 13.2 Å². The summed E-state index contributed by atoms with van der Waals surface area (Å²) in [6.07, 6.45) is 2.57. The first-order chi connectivity index (χ1) is 7.63. The molecule has 86 valence electrons. The number of amides is 1. The van der Waals surface area contributed by atoms with E-state index in [2.05, 4.69) is 20.0 Å². The van der Waals surface area contributed by atoms with Crippen molar-refractivity contribution in [1.82, 2.24) is 15.3 Å². The molecule has 0 unspecified atom stereocenters. The summed E-state index contributed by atoms with van der Waals surface area (Å²) in [4.78, 5) is 29.8. The van der Waals surface area contributed by atoms with Crippen molar-refractivity contribution in [2.45, 2.75) is 6.92 Å². The van der Waals surface area contributed by atoms with Gasteiger partial charge in [-0.2, -0.15) is 0 Å². The molecule has 1 aromatic rings. The van der Waals surface area contributed by atoms with E-state index in [9.17, 15) is 9.59 Å². The van der Waals surface area contributed by atoms with E-state index >= 15 is 0 Å². The minimum absolute atomic E-state index is 0.0526. The van der Waals surface area contributed by atoms with Crippen LogP contribution in [0.4, 0.5) is 0 Å². The maximum atomic E-state index is 11.4. The molecular weight excluding hydrogens is 234 g/mol. The summed E-state index contributed by atoms with van der Waals surface area (Å²) in [5.74, 6) is -1.03. The van der Waals surface area contributed by atoms with Crippen molar-refractivity contribution in [3.8, 4) is 0 Å². The third-order valence-corrected chi connectivity index (χ3v) is 1.72. The molecule has 1 heterocycles. The van der Waals surface area contributed by atoms with Crippen molar-refractivity contribution >= 4 is 23.5 Å². The van der Waals surface area contributed by atoms with Gasteiger partial charge in [-0.15, -0.1) is 0 Å². The molecule has 0 spiro atoms. The van der Waals surface area contributed by atoms with Crippen LogP contribution in [0.5, 0.6) is 0 Å². The second-order valence-electron chi connectivity index (χ2n) is 2.71. The number of hydrogen-bond donors (Lipinski definition) is 1. The fourth-order valence-corrected chi connectivity index (χ4v) is 1.05. The summed E-state index contributed by atoms with van der Waals surface area (Å²) in [5, 5.41) is 2.45. The number of ether oxygens (including phenoxy) is 1. The summed E-state index contributed by atoms with van der Waals surface area (Å²) < 4.78 is 4.64. The fraction of sp³-hybridized carbons (Fsp3) is 0.333. The summed E-state index contributed by atoms with van der Waals surface area (Å²) in [6, 6.07) is 0. The minimum atomic E-state index is -0.525. The van der Waals surface area contributed by atoms with E-state index in [1.807, 2.05) is 0 Å². The van der Waals surface area contributed by atoms with Gasteiger partial charge >= 0.3 is 5.97 Å². The van der Waals surface area contributed by atoms with Crippen LogP contribution in [-0.2, 0) is 9.53 Å². The lowest BCUT2D eigenvalue weighted by Gasteiger charge is -2.03. The largest absolute Gasteiger partial charge is 0.465 e. The molecule has 6 nitrogen and oxygen atoms in total. The Kier molecular flexibility index (Phi) is 4.65. The van der Waals surface area contributed by atoms with E-state index < -0.39 is 11.9 Å². The van der Waals surface area contributed by atoms with Gasteiger partial charge in [0, 0.05) is 0 Å². The highest BCUT2D eigenvalue weighted by molar-refractivity contribution is 6.29. The minimum Gasteiger partial charge on any atom is -0.465 e. The predicted molar refractivity (Wildman–Crippen MR) is 56.0 cm³/mol. The zero-order valence-electron chi connectivity index (χ0n) is 8.57. The van der Waals surface area contributed by atoms with Gasteiger partial charge in [-0.25, -0.2) is 4.98 Å². The number of carbonyl (C=O) groups excluding carboxylic acids is 2. The molecule has 0 fully saturated rings. The number of carbonyl (C=O) groups is 2. The van der Waals surface area contributed by atoms with Gasteiger partial charge in [0.2, 0.25) is 0 Å². The normalized spacial score (nSPS) is 9.62. The fourth-order valence-electron chi connectivity index (χ4n) is 0.907. The molecule has 0 atom stereocenters. The zero-order chi connectivity index (χ0) is 12.0. The quantitative estimate of drug-likeness (QED) is 0.776. The number of aromatic nitrogens is 2. The second-order valence-corrected chi connectivity index (χ2v) is 3.10. The Bertz CT molecular complexity index is 397. The second kappa shape index (κ2) is 6.02. The van der Waals surface area contributed by atoms with Crippen molar-refractivity contribution in [3.63, 3.8) is 0 Å². The van der Waals surface area contributed by atoms with Crippen molar-refractivity contribution < 1.29 is 14.3 Å². The van der Waals surface area contributed by atoms with Gasteiger partial charge in [0.25, 0.3) is 5.91 Å². The van der Waals surface area contributed by atoms with Crippen LogP contribution in [-0.4, -0.2) is 35.0 Å². The first kappa shape index (κ1) is 12.4. The molecule has 0 aliphatic heterocycles. The van der Waals surface area contributed by atoms with Gasteiger partial charge in [0.1, 0.15) is 17.4 Å². The molecule has 0 saturated carbocycles. The van der Waals surface area contributed by atoms with Gasteiger partial charge < -0.3 is 10.1 Å². The summed E-state index contributed by atoms with van der Waals surface area (Å²) in [5.41, 5.74) is 0.0526. The number of halogens is 1. The summed E-state index contributed by atoms with van der Waals surface area (Å²) in [6.45, 7) is 1.74. The smallest absolute Gasteiger partial charge is 0.325 e. The maximum Gasteiger partial charge on any atom is 0.325 e. The molecular formula is C9H10ClN3O3. The standard InChI is InChI=1S/C9H10ClN3O3/c1-2-16-8(14)5-12-9(15)6-3-11-4-7(10)13-6/h3-4H,2,5H2,1H3,(H,12,15). The third kappa shape index (κ3) is 3.82. The van der Waals surface area contributed by atoms with E-state index in [-0.39, 0.29) is 24.0 Å². The molecule has 1 amide bonds. The molecule has 1 N–H and O–H groups in total. The number of rotatable bonds is 4. The third-order valence-electron chi connectivity index (χ3n) is 1.54. The molecule has 7 heteroatoms. The lowest BCUT2D eigenvalue weighted by atomic mass is 10.4. The highest BCUT2D eigenvalue weighted by atomic mass is 35.5. The molecule has 0 aromatic carbocycles. The Morgan fingerprint density at radius 2 is 2.25 bits per heavy atom. The van der Waals surface area contributed by atoms with Crippen molar-refractivity contribution in [3.05, 3.63) is 23.2 Å². The first-order valence-electron chi connectivity index (χ1n) is 4.55. The lowest BCUT2D eigenvalue weighted by Crippen LogP contribution is -2.31. The van der Waals surface area contributed by atoms with Crippen LogP contribution in [0.25, 0.3) is 0 Å². The van der Waals surface area contributed by atoms with Crippen molar-refractivity contribution in [1.29, 1.82) is 0 Å². The van der Waals surface area contributed by atoms with Gasteiger partial charge in [0.05, 0.1) is 19.0 Å². The molecule has 0 radical (unpaired) electrons. The number of esters is 1. The number of hydrogen-bond acceptors (Lipinski definition) is 5. The molecule has 16 heavy (non-hydrogen) atoms. The van der Waals surface area contributed by atoms with Crippen molar-refractivity contribution in [2.24, 2.45) is 0 Å². The number of nitrogens with one attached hydrogen (secondary N) is 1.